The molecule has 1 amide bonds. The van der Waals surface area contributed by atoms with Gasteiger partial charge in [0, 0.05) is 4.47 Å². The minimum atomic E-state index is -0.575. The standard InChI is InChI=1S/C20H23BBrNO3/c1-19(2)20(3,4)26-21(25-19)17(14-10-6-5-7-11-14)23-18(24)15-12-8-9-13-16(15)22/h5-13,17H,1-4H3,(H,23,24). The summed E-state index contributed by atoms with van der Waals surface area (Å²) in [5.74, 6) is -0.599. The molecule has 2 aromatic carbocycles. The van der Waals surface area contributed by atoms with Crippen molar-refractivity contribution in [3.63, 3.8) is 0 Å². The van der Waals surface area contributed by atoms with E-state index in [0.717, 1.165) is 10.0 Å². The highest BCUT2D eigenvalue weighted by Crippen LogP contribution is 2.40. The molecule has 1 heterocycles. The zero-order valence-electron chi connectivity index (χ0n) is 15.5. The lowest BCUT2D eigenvalue weighted by atomic mass is 9.74. The molecule has 1 atom stereocenters. The average molecular weight is 416 g/mol. The maximum Gasteiger partial charge on any atom is 0.486 e. The molecule has 136 valence electrons. The van der Waals surface area contributed by atoms with Gasteiger partial charge in [0.25, 0.3) is 5.91 Å². The van der Waals surface area contributed by atoms with Crippen LogP contribution in [0.5, 0.6) is 0 Å². The van der Waals surface area contributed by atoms with Crippen molar-refractivity contribution in [2.24, 2.45) is 0 Å². The van der Waals surface area contributed by atoms with Crippen LogP contribution in [0.15, 0.2) is 59.1 Å². The number of hydrogen-bond donors (Lipinski definition) is 1. The van der Waals surface area contributed by atoms with Gasteiger partial charge in [-0.25, -0.2) is 0 Å². The van der Waals surface area contributed by atoms with Gasteiger partial charge in [0.1, 0.15) is 0 Å². The van der Waals surface area contributed by atoms with Gasteiger partial charge in [0.15, 0.2) is 0 Å². The van der Waals surface area contributed by atoms with E-state index in [1.807, 2.05) is 76.2 Å². The minimum Gasteiger partial charge on any atom is -0.402 e. The van der Waals surface area contributed by atoms with Crippen molar-refractivity contribution in [3.8, 4) is 0 Å². The number of nitrogens with one attached hydrogen (secondary N) is 1. The predicted molar refractivity (Wildman–Crippen MR) is 107 cm³/mol. The van der Waals surface area contributed by atoms with Crippen molar-refractivity contribution in [2.75, 3.05) is 0 Å². The van der Waals surface area contributed by atoms with Crippen LogP contribution in [0.4, 0.5) is 0 Å². The highest BCUT2D eigenvalue weighted by atomic mass is 79.9. The van der Waals surface area contributed by atoms with Crippen LogP contribution in [-0.2, 0) is 9.31 Å². The van der Waals surface area contributed by atoms with E-state index in [1.165, 1.54) is 0 Å². The van der Waals surface area contributed by atoms with Gasteiger partial charge >= 0.3 is 7.12 Å². The van der Waals surface area contributed by atoms with Crippen LogP contribution in [-0.4, -0.2) is 24.2 Å². The van der Waals surface area contributed by atoms with Gasteiger partial charge in [-0.05, 0) is 61.3 Å². The summed E-state index contributed by atoms with van der Waals surface area (Å²) in [5, 5.41) is 3.09. The highest BCUT2D eigenvalue weighted by molar-refractivity contribution is 9.10. The monoisotopic (exact) mass is 415 g/mol. The fourth-order valence-corrected chi connectivity index (χ4v) is 3.32. The van der Waals surface area contributed by atoms with Crippen LogP contribution in [0.2, 0.25) is 0 Å². The van der Waals surface area contributed by atoms with E-state index in [2.05, 4.69) is 21.2 Å². The molecule has 2 aromatic rings. The summed E-state index contributed by atoms with van der Waals surface area (Å²) in [7, 11) is -0.575. The minimum absolute atomic E-state index is 0.180. The molecule has 1 aliphatic rings. The predicted octanol–water partition coefficient (Wildman–Crippen LogP) is 4.55. The summed E-state index contributed by atoms with van der Waals surface area (Å²) < 4.78 is 13.1. The van der Waals surface area contributed by atoms with E-state index in [9.17, 15) is 4.79 Å². The number of halogens is 1. The van der Waals surface area contributed by atoms with Gasteiger partial charge in [-0.15, -0.1) is 0 Å². The molecule has 0 saturated carbocycles. The third-order valence-electron chi connectivity index (χ3n) is 5.11. The number of carbonyl (C=O) groups excluding carboxylic acids is 1. The van der Waals surface area contributed by atoms with Gasteiger partial charge in [-0.3, -0.25) is 4.79 Å². The van der Waals surface area contributed by atoms with Crippen LogP contribution in [0.3, 0.4) is 0 Å². The Bertz CT molecular complexity index is 779. The van der Waals surface area contributed by atoms with Crippen LogP contribution in [0, 0.1) is 0 Å². The van der Waals surface area contributed by atoms with Crippen LogP contribution >= 0.6 is 15.9 Å². The molecule has 3 rings (SSSR count). The van der Waals surface area contributed by atoms with Crippen molar-refractivity contribution in [1.29, 1.82) is 0 Å². The lowest BCUT2D eigenvalue weighted by Gasteiger charge is -2.32. The van der Waals surface area contributed by atoms with Crippen LogP contribution in [0.1, 0.15) is 49.6 Å². The number of benzene rings is 2. The Morgan fingerprint density at radius 2 is 1.50 bits per heavy atom. The maximum absolute atomic E-state index is 12.9. The van der Waals surface area contributed by atoms with Crippen molar-refractivity contribution in [3.05, 3.63) is 70.2 Å². The maximum atomic E-state index is 12.9. The van der Waals surface area contributed by atoms with Crippen LogP contribution < -0.4 is 5.32 Å². The molecule has 1 fully saturated rings. The van der Waals surface area contributed by atoms with E-state index >= 15 is 0 Å². The summed E-state index contributed by atoms with van der Waals surface area (Å²) in [6.45, 7) is 8.02. The molecule has 0 radical (unpaired) electrons. The largest absolute Gasteiger partial charge is 0.486 e. The summed E-state index contributed by atoms with van der Waals surface area (Å²) in [6.07, 6.45) is 0. The van der Waals surface area contributed by atoms with E-state index < -0.39 is 24.3 Å². The van der Waals surface area contributed by atoms with Gasteiger partial charge in [-0.1, -0.05) is 42.5 Å². The Hall–Kier alpha value is -1.63. The molecule has 26 heavy (non-hydrogen) atoms. The Kier molecular flexibility index (Phi) is 5.29. The fraction of sp³-hybridized carbons (Fsp3) is 0.350. The molecule has 6 heteroatoms. The van der Waals surface area contributed by atoms with Crippen LogP contribution in [0.25, 0.3) is 0 Å². The Balaban J connectivity index is 1.91. The third kappa shape index (κ3) is 3.73. The van der Waals surface area contributed by atoms with E-state index in [0.29, 0.717) is 5.56 Å². The zero-order chi connectivity index (χ0) is 18.9. The number of rotatable bonds is 4. The van der Waals surface area contributed by atoms with Gasteiger partial charge in [0.05, 0.1) is 22.7 Å². The smallest absolute Gasteiger partial charge is 0.402 e. The quantitative estimate of drug-likeness (QED) is 0.745. The summed E-state index contributed by atoms with van der Waals surface area (Å²) in [5.41, 5.74) is 0.572. The number of carbonyl (C=O) groups is 1. The summed E-state index contributed by atoms with van der Waals surface area (Å²) in [6, 6.07) is 17.1. The first kappa shape index (κ1) is 19.1. The lowest BCUT2D eigenvalue weighted by Crippen LogP contribution is -2.41. The molecule has 4 nitrogen and oxygen atoms in total. The molecule has 1 N–H and O–H groups in total. The fourth-order valence-electron chi connectivity index (χ4n) is 2.86. The van der Waals surface area contributed by atoms with Crippen molar-refractivity contribution < 1.29 is 14.1 Å². The molecule has 1 saturated heterocycles. The lowest BCUT2D eigenvalue weighted by molar-refractivity contribution is 0.00578. The van der Waals surface area contributed by atoms with Crippen molar-refractivity contribution >= 4 is 29.0 Å². The normalized spacial score (nSPS) is 19.2. The van der Waals surface area contributed by atoms with Gasteiger partial charge in [0.2, 0.25) is 0 Å². The molecule has 0 bridgehead atoms. The summed E-state index contributed by atoms with van der Waals surface area (Å²) >= 11 is 3.44. The van der Waals surface area contributed by atoms with Gasteiger partial charge in [-0.2, -0.15) is 0 Å². The first-order valence-corrected chi connectivity index (χ1v) is 9.46. The number of hydrogen-bond acceptors (Lipinski definition) is 3. The average Bonchev–Trinajstić information content (AvgIpc) is 2.81. The molecule has 0 aromatic heterocycles. The van der Waals surface area contributed by atoms with Gasteiger partial charge < -0.3 is 14.6 Å². The molecule has 0 aliphatic carbocycles. The first-order chi connectivity index (χ1) is 12.2. The molecular formula is C20H23BBrNO3. The summed E-state index contributed by atoms with van der Waals surface area (Å²) in [4.78, 5) is 12.9. The second-order valence-electron chi connectivity index (χ2n) is 7.47. The first-order valence-electron chi connectivity index (χ1n) is 8.67. The Morgan fingerprint density at radius 1 is 0.962 bits per heavy atom. The topological polar surface area (TPSA) is 47.6 Å². The molecule has 1 aliphatic heterocycles. The highest BCUT2D eigenvalue weighted by Gasteiger charge is 2.54. The molecular weight excluding hydrogens is 393 g/mol. The third-order valence-corrected chi connectivity index (χ3v) is 5.80. The van der Waals surface area contributed by atoms with E-state index in [-0.39, 0.29) is 5.91 Å². The Morgan fingerprint density at radius 3 is 2.08 bits per heavy atom. The van der Waals surface area contributed by atoms with Crippen molar-refractivity contribution in [1.82, 2.24) is 5.32 Å². The van der Waals surface area contributed by atoms with E-state index in [1.54, 1.807) is 6.07 Å². The van der Waals surface area contributed by atoms with Crippen molar-refractivity contribution in [2.45, 2.75) is 44.8 Å². The Labute approximate surface area is 163 Å². The second-order valence-corrected chi connectivity index (χ2v) is 8.32. The zero-order valence-corrected chi connectivity index (χ0v) is 17.0. The molecule has 1 unspecified atom stereocenters. The molecule has 0 spiro atoms. The second kappa shape index (κ2) is 7.18. The SMILES string of the molecule is CC1(C)OB(C(NC(=O)c2ccccc2Br)c2ccccc2)OC1(C)C. The number of amides is 1. The van der Waals surface area contributed by atoms with E-state index in [4.69, 9.17) is 9.31 Å².